The summed E-state index contributed by atoms with van der Waals surface area (Å²) in [6.07, 6.45) is 8.42. The average Bonchev–Trinajstić information content (AvgIpc) is 2.57. The minimum Gasteiger partial charge on any atom is -0.394 e. The maximum Gasteiger partial charge on any atom is 0.315 e. The van der Waals surface area contributed by atoms with Gasteiger partial charge in [-0.2, -0.15) is 0 Å². The van der Waals surface area contributed by atoms with Gasteiger partial charge in [0.1, 0.15) is 6.10 Å². The first-order chi connectivity index (χ1) is 11.6. The van der Waals surface area contributed by atoms with Crippen molar-refractivity contribution in [3.63, 3.8) is 0 Å². The number of hydrogen-bond donors (Lipinski definition) is 4. The van der Waals surface area contributed by atoms with Gasteiger partial charge >= 0.3 is 6.03 Å². The third kappa shape index (κ3) is 5.79. The van der Waals surface area contributed by atoms with Crippen LogP contribution in [0.4, 0.5) is 4.79 Å². The van der Waals surface area contributed by atoms with Crippen LogP contribution >= 0.6 is 0 Å². The van der Waals surface area contributed by atoms with Crippen LogP contribution in [-0.2, 0) is 9.53 Å². The first-order valence-electron chi connectivity index (χ1n) is 8.90. The van der Waals surface area contributed by atoms with E-state index in [1.807, 2.05) is 6.92 Å². The van der Waals surface area contributed by atoms with Crippen LogP contribution < -0.4 is 16.0 Å². The monoisotopic (exact) mass is 339 g/mol. The summed E-state index contributed by atoms with van der Waals surface area (Å²) < 4.78 is 5.72. The molecule has 1 fully saturated rings. The number of urea groups is 1. The number of carbonyl (C=O) groups is 2. The molecule has 2 rings (SSSR count). The molecule has 1 aliphatic heterocycles. The zero-order chi connectivity index (χ0) is 17.4. The Morgan fingerprint density at radius 2 is 1.92 bits per heavy atom. The van der Waals surface area contributed by atoms with Gasteiger partial charge in [0, 0.05) is 12.6 Å². The lowest BCUT2D eigenvalue weighted by Gasteiger charge is -2.32. The zero-order valence-corrected chi connectivity index (χ0v) is 14.3. The van der Waals surface area contributed by atoms with Crippen molar-refractivity contribution in [2.75, 3.05) is 13.2 Å². The Kier molecular flexibility index (Phi) is 7.52. The van der Waals surface area contributed by atoms with Crippen LogP contribution in [0.5, 0.6) is 0 Å². The normalized spacial score (nSPS) is 27.5. The van der Waals surface area contributed by atoms with Gasteiger partial charge in [-0.25, -0.2) is 4.79 Å². The molecule has 0 aromatic carbocycles. The van der Waals surface area contributed by atoms with Gasteiger partial charge in [-0.05, 0) is 19.8 Å². The number of rotatable bonds is 6. The van der Waals surface area contributed by atoms with E-state index in [-0.39, 0.29) is 37.1 Å². The highest BCUT2D eigenvalue weighted by molar-refractivity contribution is 5.77. The highest BCUT2D eigenvalue weighted by Gasteiger charge is 2.29. The van der Waals surface area contributed by atoms with Gasteiger partial charge in [-0.1, -0.05) is 31.4 Å². The van der Waals surface area contributed by atoms with E-state index >= 15 is 0 Å². The second-order valence-corrected chi connectivity index (χ2v) is 6.42. The summed E-state index contributed by atoms with van der Waals surface area (Å²) in [5.41, 5.74) is 0. The number of aliphatic hydroxyl groups is 1. The maximum absolute atomic E-state index is 12.1. The SMILES string of the molecule is CCNC(=O)C[C@@H]1C=C[C@@H](NC(=O)NC2CCCCC2)[C@@H](CO)O1. The standard InChI is InChI=1S/C17H29N3O4/c1-2-18-16(22)10-13-8-9-14(15(11-21)24-13)20-17(23)19-12-6-4-3-5-7-12/h8-9,12-15,21H,2-7,10-11H2,1H3,(H,18,22)(H2,19,20,23)/t13-,14+,15+/m0/s1. The molecule has 4 N–H and O–H groups in total. The van der Waals surface area contributed by atoms with E-state index in [0.29, 0.717) is 6.54 Å². The fourth-order valence-electron chi connectivity index (χ4n) is 3.21. The highest BCUT2D eigenvalue weighted by Crippen LogP contribution is 2.18. The molecule has 1 aliphatic carbocycles. The molecular formula is C17H29N3O4. The van der Waals surface area contributed by atoms with Crippen molar-refractivity contribution in [2.45, 2.75) is 69.7 Å². The summed E-state index contributed by atoms with van der Waals surface area (Å²) in [4.78, 5) is 23.7. The van der Waals surface area contributed by atoms with E-state index in [0.717, 1.165) is 25.7 Å². The summed E-state index contributed by atoms with van der Waals surface area (Å²) in [5, 5.41) is 18.1. The number of nitrogens with one attached hydrogen (secondary N) is 3. The molecule has 7 heteroatoms. The third-order valence-electron chi connectivity index (χ3n) is 4.46. The van der Waals surface area contributed by atoms with E-state index in [1.54, 1.807) is 12.2 Å². The highest BCUT2D eigenvalue weighted by atomic mass is 16.5. The van der Waals surface area contributed by atoms with Gasteiger partial charge in [0.2, 0.25) is 5.91 Å². The second-order valence-electron chi connectivity index (χ2n) is 6.42. The Labute approximate surface area is 143 Å². The van der Waals surface area contributed by atoms with Crippen LogP contribution in [0.15, 0.2) is 12.2 Å². The number of carbonyl (C=O) groups excluding carboxylic acids is 2. The van der Waals surface area contributed by atoms with Gasteiger partial charge in [0.05, 0.1) is 25.2 Å². The van der Waals surface area contributed by atoms with Crippen molar-refractivity contribution in [2.24, 2.45) is 0 Å². The molecule has 2 aliphatic rings. The fourth-order valence-corrected chi connectivity index (χ4v) is 3.21. The number of aliphatic hydroxyl groups excluding tert-OH is 1. The van der Waals surface area contributed by atoms with Crippen LogP contribution in [0.3, 0.4) is 0 Å². The van der Waals surface area contributed by atoms with Gasteiger partial charge in [-0.15, -0.1) is 0 Å². The summed E-state index contributed by atoms with van der Waals surface area (Å²) >= 11 is 0. The lowest BCUT2D eigenvalue weighted by atomic mass is 9.96. The van der Waals surface area contributed by atoms with E-state index in [2.05, 4.69) is 16.0 Å². The number of hydrogen-bond acceptors (Lipinski definition) is 4. The zero-order valence-electron chi connectivity index (χ0n) is 14.3. The topological polar surface area (TPSA) is 99.7 Å². The lowest BCUT2D eigenvalue weighted by molar-refractivity contribution is -0.125. The summed E-state index contributed by atoms with van der Waals surface area (Å²) in [6.45, 7) is 2.21. The largest absolute Gasteiger partial charge is 0.394 e. The molecule has 0 aromatic heterocycles. The molecule has 0 radical (unpaired) electrons. The van der Waals surface area contributed by atoms with E-state index in [9.17, 15) is 14.7 Å². The molecule has 0 saturated heterocycles. The molecule has 136 valence electrons. The molecule has 0 unspecified atom stereocenters. The van der Waals surface area contributed by atoms with E-state index in [4.69, 9.17) is 4.74 Å². The molecule has 1 saturated carbocycles. The predicted molar refractivity (Wildman–Crippen MR) is 90.5 cm³/mol. The first-order valence-corrected chi connectivity index (χ1v) is 8.90. The number of amides is 3. The molecule has 24 heavy (non-hydrogen) atoms. The van der Waals surface area contributed by atoms with Gasteiger partial charge in [0.25, 0.3) is 0 Å². The predicted octanol–water partition coefficient (Wildman–Crippen LogP) is 0.829. The minimum atomic E-state index is -0.550. The molecule has 0 spiro atoms. The molecule has 1 heterocycles. The maximum atomic E-state index is 12.1. The molecular weight excluding hydrogens is 310 g/mol. The number of ether oxygens (including phenoxy) is 1. The Hall–Kier alpha value is -1.60. The Morgan fingerprint density at radius 3 is 2.58 bits per heavy atom. The Morgan fingerprint density at radius 1 is 1.17 bits per heavy atom. The van der Waals surface area contributed by atoms with E-state index < -0.39 is 12.1 Å². The van der Waals surface area contributed by atoms with Crippen molar-refractivity contribution < 1.29 is 19.4 Å². The molecule has 7 nitrogen and oxygen atoms in total. The second kappa shape index (κ2) is 9.64. The summed E-state index contributed by atoms with van der Waals surface area (Å²) in [5.74, 6) is -0.0923. The summed E-state index contributed by atoms with van der Waals surface area (Å²) in [7, 11) is 0. The van der Waals surface area contributed by atoms with Crippen LogP contribution in [0.1, 0.15) is 45.4 Å². The molecule has 0 aromatic rings. The first kappa shape index (κ1) is 18.7. The van der Waals surface area contributed by atoms with Gasteiger partial charge in [0.15, 0.2) is 0 Å². The quantitative estimate of drug-likeness (QED) is 0.539. The summed E-state index contributed by atoms with van der Waals surface area (Å²) in [6, 6.07) is -0.407. The van der Waals surface area contributed by atoms with Crippen molar-refractivity contribution >= 4 is 11.9 Å². The van der Waals surface area contributed by atoms with Crippen molar-refractivity contribution in [1.29, 1.82) is 0 Å². The Bertz CT molecular complexity index is 449. The van der Waals surface area contributed by atoms with E-state index in [1.165, 1.54) is 6.42 Å². The van der Waals surface area contributed by atoms with Gasteiger partial charge < -0.3 is 25.8 Å². The van der Waals surface area contributed by atoms with Crippen LogP contribution in [0.25, 0.3) is 0 Å². The van der Waals surface area contributed by atoms with Crippen LogP contribution in [-0.4, -0.2) is 54.5 Å². The fraction of sp³-hybridized carbons (Fsp3) is 0.765. The van der Waals surface area contributed by atoms with Crippen molar-refractivity contribution in [3.05, 3.63) is 12.2 Å². The smallest absolute Gasteiger partial charge is 0.315 e. The van der Waals surface area contributed by atoms with Crippen LogP contribution in [0, 0.1) is 0 Å². The minimum absolute atomic E-state index is 0.0923. The lowest BCUT2D eigenvalue weighted by Crippen LogP contribution is -2.53. The molecule has 3 atom stereocenters. The third-order valence-corrected chi connectivity index (χ3v) is 4.46. The average molecular weight is 339 g/mol. The Balaban J connectivity index is 1.83. The molecule has 3 amide bonds. The van der Waals surface area contributed by atoms with Crippen LogP contribution in [0.2, 0.25) is 0 Å². The van der Waals surface area contributed by atoms with Crippen molar-refractivity contribution in [3.8, 4) is 0 Å². The molecule has 0 bridgehead atoms. The van der Waals surface area contributed by atoms with Gasteiger partial charge in [-0.3, -0.25) is 4.79 Å². The van der Waals surface area contributed by atoms with Crippen molar-refractivity contribution in [1.82, 2.24) is 16.0 Å².